The van der Waals surface area contributed by atoms with Crippen LogP contribution in [0.4, 0.5) is 0 Å². The van der Waals surface area contributed by atoms with E-state index in [9.17, 15) is 0 Å². The molecular weight excluding hydrogens is 338 g/mol. The molecule has 0 spiro atoms. The zero-order valence-electron chi connectivity index (χ0n) is 21.2. The molecule has 0 saturated heterocycles. The minimum Gasteiger partial charge on any atom is -0.323 e. The number of unbranched alkanes of at least 4 members (excludes halogenated alkanes) is 3. The molecule has 0 heterocycles. The van der Waals surface area contributed by atoms with Gasteiger partial charge in [0.2, 0.25) is 0 Å². The maximum Gasteiger partial charge on any atom is 0.0815 e. The highest BCUT2D eigenvalue weighted by molar-refractivity contribution is 4.66. The second-order valence-electron chi connectivity index (χ2n) is 9.86. The van der Waals surface area contributed by atoms with Gasteiger partial charge in [-0.15, -0.1) is 0 Å². The topological polar surface area (TPSA) is 0 Å². The van der Waals surface area contributed by atoms with E-state index >= 15 is 0 Å². The van der Waals surface area contributed by atoms with Crippen LogP contribution in [0.1, 0.15) is 132 Å². The maximum atomic E-state index is 2.45. The Bertz CT molecular complexity index is 279. The molecular formula is C27H58N+. The van der Waals surface area contributed by atoms with E-state index in [0.29, 0.717) is 0 Å². The first-order chi connectivity index (χ1) is 13.5. The lowest BCUT2D eigenvalue weighted by molar-refractivity contribution is -0.937. The van der Waals surface area contributed by atoms with Crippen LogP contribution < -0.4 is 0 Å². The third kappa shape index (κ3) is 11.8. The van der Waals surface area contributed by atoms with Crippen molar-refractivity contribution in [2.24, 2.45) is 17.8 Å². The molecule has 0 bridgehead atoms. The summed E-state index contributed by atoms with van der Waals surface area (Å²) in [5, 5.41) is 0. The van der Waals surface area contributed by atoms with E-state index < -0.39 is 0 Å². The Morgan fingerprint density at radius 1 is 0.464 bits per heavy atom. The van der Waals surface area contributed by atoms with Gasteiger partial charge >= 0.3 is 0 Å². The molecule has 0 aromatic rings. The van der Waals surface area contributed by atoms with Crippen LogP contribution in [0.2, 0.25) is 0 Å². The van der Waals surface area contributed by atoms with E-state index in [-0.39, 0.29) is 0 Å². The van der Waals surface area contributed by atoms with E-state index in [4.69, 9.17) is 0 Å². The first-order valence-electron chi connectivity index (χ1n) is 13.4. The Labute approximate surface area is 180 Å². The minimum absolute atomic E-state index is 0.930. The fourth-order valence-corrected chi connectivity index (χ4v) is 5.37. The highest BCUT2D eigenvalue weighted by Gasteiger charge is 2.34. The summed E-state index contributed by atoms with van der Waals surface area (Å²) < 4.78 is 1.43. The molecule has 0 rings (SSSR count). The van der Waals surface area contributed by atoms with Gasteiger partial charge in [-0.2, -0.15) is 0 Å². The molecule has 1 heteroatoms. The quantitative estimate of drug-likeness (QED) is 0.180. The van der Waals surface area contributed by atoms with Gasteiger partial charge in [0.05, 0.1) is 26.2 Å². The zero-order chi connectivity index (χ0) is 21.3. The highest BCUT2D eigenvalue weighted by Crippen LogP contribution is 2.28. The Morgan fingerprint density at radius 2 is 0.786 bits per heavy atom. The van der Waals surface area contributed by atoms with Gasteiger partial charge < -0.3 is 4.48 Å². The Hall–Kier alpha value is -0.0400. The van der Waals surface area contributed by atoms with E-state index in [1.807, 2.05) is 0 Å². The van der Waals surface area contributed by atoms with Crippen molar-refractivity contribution in [1.29, 1.82) is 0 Å². The van der Waals surface area contributed by atoms with Crippen molar-refractivity contribution < 1.29 is 4.48 Å². The summed E-state index contributed by atoms with van der Waals surface area (Å²) in [4.78, 5) is 0. The molecule has 0 saturated carbocycles. The van der Waals surface area contributed by atoms with E-state index in [1.54, 1.807) is 0 Å². The summed E-state index contributed by atoms with van der Waals surface area (Å²) in [6.45, 7) is 22.6. The average Bonchev–Trinajstić information content (AvgIpc) is 2.71. The van der Waals surface area contributed by atoms with Gasteiger partial charge in [-0.1, -0.05) is 87.0 Å². The molecule has 170 valence electrons. The highest BCUT2D eigenvalue weighted by atomic mass is 15.4. The monoisotopic (exact) mass is 396 g/mol. The predicted octanol–water partition coefficient (Wildman–Crippen LogP) is 8.86. The molecule has 0 amide bonds. The van der Waals surface area contributed by atoms with Crippen LogP contribution in [0.5, 0.6) is 0 Å². The summed E-state index contributed by atoms with van der Waals surface area (Å²) in [6.07, 6.45) is 18.2. The largest absolute Gasteiger partial charge is 0.323 e. The van der Waals surface area contributed by atoms with Crippen molar-refractivity contribution in [1.82, 2.24) is 0 Å². The van der Waals surface area contributed by atoms with Crippen molar-refractivity contribution in [2.75, 3.05) is 26.2 Å². The molecule has 1 nitrogen and oxygen atoms in total. The fraction of sp³-hybridized carbons (Fsp3) is 1.00. The Morgan fingerprint density at radius 3 is 1.00 bits per heavy atom. The van der Waals surface area contributed by atoms with E-state index in [2.05, 4.69) is 48.5 Å². The molecule has 3 atom stereocenters. The minimum atomic E-state index is 0.930. The van der Waals surface area contributed by atoms with Crippen molar-refractivity contribution in [2.45, 2.75) is 132 Å². The van der Waals surface area contributed by atoms with Gasteiger partial charge in [0.15, 0.2) is 0 Å². The molecule has 0 radical (unpaired) electrons. The van der Waals surface area contributed by atoms with Gasteiger partial charge in [0.25, 0.3) is 0 Å². The second kappa shape index (κ2) is 17.8. The van der Waals surface area contributed by atoms with Gasteiger partial charge in [0.1, 0.15) is 0 Å². The lowest BCUT2D eigenvalue weighted by atomic mass is 9.90. The van der Waals surface area contributed by atoms with Crippen molar-refractivity contribution in [3.05, 3.63) is 0 Å². The summed E-state index contributed by atoms with van der Waals surface area (Å²) in [5.74, 6) is 2.79. The summed E-state index contributed by atoms with van der Waals surface area (Å²) in [5.41, 5.74) is 0. The molecule has 0 aromatic heterocycles. The average molecular weight is 397 g/mol. The summed E-state index contributed by atoms with van der Waals surface area (Å²) in [6, 6.07) is 0. The van der Waals surface area contributed by atoms with Gasteiger partial charge in [-0.05, 0) is 44.9 Å². The van der Waals surface area contributed by atoms with E-state index in [1.165, 1.54) is 114 Å². The molecule has 28 heavy (non-hydrogen) atoms. The SMILES string of the molecule is CCCC[C@@H](CC)C[N+](CCC)(C[C@@H](CC)CCCC)C[C@@H](CC)CCCC. The Kier molecular flexibility index (Phi) is 17.8. The lowest BCUT2D eigenvalue weighted by Gasteiger charge is -2.45. The molecule has 0 aliphatic heterocycles. The van der Waals surface area contributed by atoms with Crippen molar-refractivity contribution >= 4 is 0 Å². The summed E-state index contributed by atoms with van der Waals surface area (Å²) in [7, 11) is 0. The normalized spacial score (nSPS) is 15.5. The van der Waals surface area contributed by atoms with Crippen LogP contribution in [0.15, 0.2) is 0 Å². The molecule has 0 aliphatic carbocycles. The number of nitrogens with zero attached hydrogens (tertiary/aromatic N) is 1. The molecule has 0 N–H and O–H groups in total. The number of hydrogen-bond donors (Lipinski definition) is 0. The van der Waals surface area contributed by atoms with Crippen LogP contribution in [-0.2, 0) is 0 Å². The number of hydrogen-bond acceptors (Lipinski definition) is 0. The second-order valence-corrected chi connectivity index (χ2v) is 9.86. The first-order valence-corrected chi connectivity index (χ1v) is 13.4. The number of quaternary nitrogens is 1. The maximum absolute atomic E-state index is 2.45. The molecule has 0 fully saturated rings. The van der Waals surface area contributed by atoms with Crippen LogP contribution in [0.3, 0.4) is 0 Å². The van der Waals surface area contributed by atoms with Crippen molar-refractivity contribution in [3.63, 3.8) is 0 Å². The predicted molar refractivity (Wildman–Crippen MR) is 130 cm³/mol. The fourth-order valence-electron chi connectivity index (χ4n) is 5.37. The lowest BCUT2D eigenvalue weighted by Crippen LogP contribution is -2.56. The zero-order valence-corrected chi connectivity index (χ0v) is 21.2. The van der Waals surface area contributed by atoms with Gasteiger partial charge in [0, 0.05) is 17.8 Å². The van der Waals surface area contributed by atoms with Crippen LogP contribution in [-0.4, -0.2) is 30.7 Å². The standard InChI is InChI=1S/C27H58N/c1-8-15-18-25(12-5)22-28(21-11-4,23-26(13-6)19-16-9-2)24-27(14-7)20-17-10-3/h25-27H,8-24H2,1-7H3/q+1/t25-,26-,27+/m0/s1. The smallest absolute Gasteiger partial charge is 0.0815 e. The van der Waals surface area contributed by atoms with Crippen LogP contribution in [0, 0.1) is 17.8 Å². The van der Waals surface area contributed by atoms with Crippen LogP contribution >= 0.6 is 0 Å². The van der Waals surface area contributed by atoms with Crippen LogP contribution in [0.25, 0.3) is 0 Å². The molecule has 0 aromatic carbocycles. The Balaban J connectivity index is 5.52. The third-order valence-electron chi connectivity index (χ3n) is 7.26. The van der Waals surface area contributed by atoms with E-state index in [0.717, 1.165) is 17.8 Å². The summed E-state index contributed by atoms with van der Waals surface area (Å²) >= 11 is 0. The third-order valence-corrected chi connectivity index (χ3v) is 7.26. The van der Waals surface area contributed by atoms with Gasteiger partial charge in [-0.25, -0.2) is 0 Å². The molecule has 0 unspecified atom stereocenters. The first kappa shape index (κ1) is 28.0. The van der Waals surface area contributed by atoms with Crippen molar-refractivity contribution in [3.8, 4) is 0 Å². The molecule has 0 aliphatic rings. The van der Waals surface area contributed by atoms with Gasteiger partial charge in [-0.3, -0.25) is 0 Å². The number of rotatable bonds is 20.